The fourth-order valence-corrected chi connectivity index (χ4v) is 2.11. The van der Waals surface area contributed by atoms with E-state index in [1.54, 1.807) is 0 Å². The zero-order chi connectivity index (χ0) is 18.2. The first-order valence-corrected chi connectivity index (χ1v) is 7.03. The van der Waals surface area contributed by atoms with Crippen molar-refractivity contribution in [2.24, 2.45) is 11.1 Å². The van der Waals surface area contributed by atoms with Gasteiger partial charge in [0, 0.05) is 17.5 Å². The Bertz CT molecular complexity index is 639. The lowest BCUT2D eigenvalue weighted by molar-refractivity contribution is -0.395. The summed E-state index contributed by atoms with van der Waals surface area (Å²) in [5.74, 6) is -0.680. The lowest BCUT2D eigenvalue weighted by atomic mass is 9.81. The van der Waals surface area contributed by atoms with Crippen LogP contribution in [0.15, 0.2) is 12.1 Å². The van der Waals surface area contributed by atoms with Gasteiger partial charge in [-0.05, 0) is 17.4 Å². The monoisotopic (exact) mass is 323 g/mol. The van der Waals surface area contributed by atoms with Crippen molar-refractivity contribution in [3.63, 3.8) is 0 Å². The van der Waals surface area contributed by atoms with E-state index in [0.717, 1.165) is 0 Å². The van der Waals surface area contributed by atoms with E-state index < -0.39 is 26.6 Å². The smallest absolute Gasteiger partial charge is 0.279 e. The third kappa shape index (κ3) is 4.02. The van der Waals surface area contributed by atoms with Gasteiger partial charge in [-0.1, -0.05) is 34.6 Å². The summed E-state index contributed by atoms with van der Waals surface area (Å²) in [6.07, 6.45) is -0.181. The predicted molar refractivity (Wildman–Crippen MR) is 85.1 cm³/mol. The molecule has 2 N–H and O–H groups in total. The second-order valence-electron chi connectivity index (χ2n) is 7.18. The van der Waals surface area contributed by atoms with Gasteiger partial charge in [-0.15, -0.1) is 0 Å². The van der Waals surface area contributed by atoms with Crippen LogP contribution in [0, 0.1) is 25.6 Å². The highest BCUT2D eigenvalue weighted by molar-refractivity contribution is 5.80. The minimum Gasteiger partial charge on any atom is -0.369 e. The molecule has 8 heteroatoms. The number of amides is 1. The summed E-state index contributed by atoms with van der Waals surface area (Å²) in [4.78, 5) is 33.0. The van der Waals surface area contributed by atoms with Crippen LogP contribution in [0.4, 0.5) is 11.4 Å². The highest BCUT2D eigenvalue weighted by Gasteiger charge is 2.35. The van der Waals surface area contributed by atoms with Crippen LogP contribution >= 0.6 is 0 Å². The third-order valence-electron chi connectivity index (χ3n) is 3.75. The molecule has 0 bridgehead atoms. The lowest BCUT2D eigenvalue weighted by Gasteiger charge is -2.22. The second kappa shape index (κ2) is 5.94. The van der Waals surface area contributed by atoms with Crippen molar-refractivity contribution in [1.29, 1.82) is 0 Å². The quantitative estimate of drug-likeness (QED) is 0.657. The molecule has 1 aromatic carbocycles. The van der Waals surface area contributed by atoms with Crippen LogP contribution in [0.3, 0.4) is 0 Å². The molecule has 0 saturated heterocycles. The summed E-state index contributed by atoms with van der Waals surface area (Å²) in [7, 11) is 0. The van der Waals surface area contributed by atoms with E-state index >= 15 is 0 Å². The number of nitrogens with two attached hydrogens (primary N) is 1. The maximum absolute atomic E-state index is 11.5. The van der Waals surface area contributed by atoms with Crippen molar-refractivity contribution < 1.29 is 14.6 Å². The summed E-state index contributed by atoms with van der Waals surface area (Å²) >= 11 is 0. The van der Waals surface area contributed by atoms with Gasteiger partial charge < -0.3 is 5.73 Å². The van der Waals surface area contributed by atoms with E-state index in [2.05, 4.69) is 0 Å². The summed E-state index contributed by atoms with van der Waals surface area (Å²) in [6.45, 7) is 8.43. The summed E-state index contributed by atoms with van der Waals surface area (Å²) < 4.78 is 0. The molecule has 0 heterocycles. The predicted octanol–water partition coefficient (Wildman–Crippen LogP) is 2.85. The number of hydrogen-bond donors (Lipinski definition) is 1. The second-order valence-corrected chi connectivity index (χ2v) is 7.18. The molecule has 1 amide bonds. The molecule has 0 aliphatic heterocycles. The van der Waals surface area contributed by atoms with Gasteiger partial charge in [0.2, 0.25) is 5.91 Å². The molecule has 0 spiro atoms. The molecule has 8 nitrogen and oxygen atoms in total. The lowest BCUT2D eigenvalue weighted by Crippen LogP contribution is -2.33. The molecule has 0 radical (unpaired) electrons. The van der Waals surface area contributed by atoms with Crippen LogP contribution in [0.1, 0.15) is 45.7 Å². The fraction of sp³-hybridized carbons (Fsp3) is 0.533. The molecule has 0 fully saturated rings. The Morgan fingerprint density at radius 1 is 1.04 bits per heavy atom. The van der Waals surface area contributed by atoms with Crippen molar-refractivity contribution in [1.82, 2.24) is 0 Å². The molecular formula is C15H21N3O5. The van der Waals surface area contributed by atoms with Crippen molar-refractivity contribution in [2.45, 2.75) is 46.5 Å². The van der Waals surface area contributed by atoms with Crippen LogP contribution in [0.25, 0.3) is 0 Å². The zero-order valence-electron chi connectivity index (χ0n) is 13.9. The van der Waals surface area contributed by atoms with E-state index in [1.165, 1.54) is 26.0 Å². The molecule has 0 unspecified atom stereocenters. The summed E-state index contributed by atoms with van der Waals surface area (Å²) in [5.41, 5.74) is 3.33. The maximum Gasteiger partial charge on any atom is 0.279 e. The van der Waals surface area contributed by atoms with E-state index in [-0.39, 0.29) is 23.4 Å². The van der Waals surface area contributed by atoms with Crippen molar-refractivity contribution in [3.05, 3.63) is 43.5 Å². The van der Waals surface area contributed by atoms with Gasteiger partial charge >= 0.3 is 0 Å². The van der Waals surface area contributed by atoms with Crippen molar-refractivity contribution >= 4 is 17.3 Å². The van der Waals surface area contributed by atoms with Gasteiger partial charge in [0.15, 0.2) is 0 Å². The van der Waals surface area contributed by atoms with Crippen LogP contribution in [0.2, 0.25) is 0 Å². The Kier molecular flexibility index (Phi) is 4.79. The van der Waals surface area contributed by atoms with Crippen molar-refractivity contribution in [3.8, 4) is 0 Å². The SMILES string of the molecule is CC(C)(Cc1c([N+](=O)[O-])cc(C(C)(C)C)cc1[N+](=O)[O-])C(N)=O. The molecular weight excluding hydrogens is 302 g/mol. The standard InChI is InChI=1S/C15H21N3O5/c1-14(2,3)9-6-11(17(20)21)10(12(7-9)18(22)23)8-15(4,5)13(16)19/h6-7H,8H2,1-5H3,(H2,16,19). The van der Waals surface area contributed by atoms with Crippen LogP contribution < -0.4 is 5.73 Å². The highest BCUT2D eigenvalue weighted by atomic mass is 16.6. The zero-order valence-corrected chi connectivity index (χ0v) is 13.9. The number of nitro groups is 2. The summed E-state index contributed by atoms with van der Waals surface area (Å²) in [6, 6.07) is 2.67. The average molecular weight is 323 g/mol. The Labute approximate surface area is 134 Å². The molecule has 23 heavy (non-hydrogen) atoms. The number of rotatable bonds is 5. The van der Waals surface area contributed by atoms with Crippen LogP contribution in [-0.4, -0.2) is 15.8 Å². The number of carbonyl (C=O) groups is 1. The number of primary amides is 1. The first-order chi connectivity index (χ1) is 10.3. The fourth-order valence-electron chi connectivity index (χ4n) is 2.11. The number of carbonyl (C=O) groups excluding carboxylic acids is 1. The molecule has 0 atom stereocenters. The Morgan fingerprint density at radius 2 is 1.43 bits per heavy atom. The highest BCUT2D eigenvalue weighted by Crippen LogP contribution is 2.38. The molecule has 126 valence electrons. The molecule has 0 aliphatic carbocycles. The number of nitro benzene ring substituents is 2. The summed E-state index contributed by atoms with van der Waals surface area (Å²) in [5, 5.41) is 22.8. The van der Waals surface area contributed by atoms with Crippen molar-refractivity contribution in [2.75, 3.05) is 0 Å². The minimum absolute atomic E-state index is 0.0863. The van der Waals surface area contributed by atoms with E-state index in [1.807, 2.05) is 20.8 Å². The first-order valence-electron chi connectivity index (χ1n) is 7.03. The molecule has 0 aromatic heterocycles. The van der Waals surface area contributed by atoms with E-state index in [9.17, 15) is 25.0 Å². The molecule has 1 rings (SSSR count). The largest absolute Gasteiger partial charge is 0.369 e. The van der Waals surface area contributed by atoms with Gasteiger partial charge in [0.1, 0.15) is 5.56 Å². The van der Waals surface area contributed by atoms with Crippen LogP contribution in [0.5, 0.6) is 0 Å². The number of nitrogens with zero attached hydrogens (tertiary/aromatic N) is 2. The molecule has 1 aromatic rings. The van der Waals surface area contributed by atoms with Gasteiger partial charge in [0.05, 0.1) is 9.85 Å². The molecule has 0 aliphatic rings. The average Bonchev–Trinajstić information content (AvgIpc) is 2.35. The minimum atomic E-state index is -1.14. The maximum atomic E-state index is 11.5. The Balaban J connectivity index is 3.70. The van der Waals surface area contributed by atoms with Gasteiger partial charge in [-0.3, -0.25) is 25.0 Å². The Hall–Kier alpha value is -2.51. The van der Waals surface area contributed by atoms with Crippen LogP contribution in [-0.2, 0) is 16.6 Å². The Morgan fingerprint density at radius 3 is 1.70 bits per heavy atom. The van der Waals surface area contributed by atoms with Gasteiger partial charge in [0.25, 0.3) is 11.4 Å². The third-order valence-corrected chi connectivity index (χ3v) is 3.75. The number of hydrogen-bond acceptors (Lipinski definition) is 5. The molecule has 0 saturated carbocycles. The van der Waals surface area contributed by atoms with E-state index in [4.69, 9.17) is 5.73 Å². The number of benzene rings is 1. The topological polar surface area (TPSA) is 129 Å². The van der Waals surface area contributed by atoms with Gasteiger partial charge in [-0.2, -0.15) is 0 Å². The normalized spacial score (nSPS) is 12.0. The van der Waals surface area contributed by atoms with Gasteiger partial charge in [-0.25, -0.2) is 0 Å². The first kappa shape index (κ1) is 18.5. The van der Waals surface area contributed by atoms with E-state index in [0.29, 0.717) is 5.56 Å².